The van der Waals surface area contributed by atoms with E-state index < -0.39 is 10.0 Å². The fourth-order valence-corrected chi connectivity index (χ4v) is 5.86. The topological polar surface area (TPSA) is 79.4 Å². The molecule has 3 aromatic rings. The number of nitrogens with one attached hydrogen (secondary N) is 1. The summed E-state index contributed by atoms with van der Waals surface area (Å²) in [5, 5.41) is 2.85. The third kappa shape index (κ3) is 5.71. The van der Waals surface area contributed by atoms with Gasteiger partial charge in [-0.15, -0.1) is 0 Å². The smallest absolute Gasteiger partial charge is 0.255 e. The van der Waals surface area contributed by atoms with Gasteiger partial charge in [0, 0.05) is 36.1 Å². The van der Waals surface area contributed by atoms with Crippen molar-refractivity contribution < 1.29 is 13.2 Å². The van der Waals surface area contributed by atoms with Crippen molar-refractivity contribution in [1.82, 2.24) is 9.29 Å². The van der Waals surface area contributed by atoms with Crippen LogP contribution in [0.3, 0.4) is 0 Å². The molecule has 1 aromatic heterocycles. The normalized spacial score (nSPS) is 18.5. The summed E-state index contributed by atoms with van der Waals surface area (Å²) in [6.07, 6.45) is 2.71. The van der Waals surface area contributed by atoms with Gasteiger partial charge in [-0.2, -0.15) is 4.31 Å². The van der Waals surface area contributed by atoms with Crippen molar-refractivity contribution in [3.8, 4) is 11.8 Å². The van der Waals surface area contributed by atoms with Gasteiger partial charge in [0.25, 0.3) is 5.91 Å². The van der Waals surface area contributed by atoms with Crippen LogP contribution < -0.4 is 5.32 Å². The average molecular weight is 474 g/mol. The molecule has 0 bridgehead atoms. The van der Waals surface area contributed by atoms with Gasteiger partial charge < -0.3 is 5.32 Å². The number of carbonyl (C=O) groups excluding carboxylic acids is 1. The number of anilines is 1. The molecule has 7 heteroatoms. The maximum atomic E-state index is 13.1. The van der Waals surface area contributed by atoms with Crippen molar-refractivity contribution in [3.63, 3.8) is 0 Å². The molecule has 2 heterocycles. The molecule has 2 aromatic carbocycles. The predicted octanol–water partition coefficient (Wildman–Crippen LogP) is 4.40. The van der Waals surface area contributed by atoms with Gasteiger partial charge in [-0.25, -0.2) is 13.4 Å². The molecule has 1 aliphatic heterocycles. The van der Waals surface area contributed by atoms with Crippen LogP contribution in [-0.2, 0) is 10.0 Å². The Morgan fingerprint density at radius 1 is 0.971 bits per heavy atom. The van der Waals surface area contributed by atoms with Gasteiger partial charge in [0.1, 0.15) is 5.69 Å². The summed E-state index contributed by atoms with van der Waals surface area (Å²) in [6, 6.07) is 18.9. The second kappa shape index (κ2) is 10.2. The Morgan fingerprint density at radius 2 is 1.71 bits per heavy atom. The lowest BCUT2D eigenvalue weighted by Crippen LogP contribution is -2.42. The first-order valence-corrected chi connectivity index (χ1v) is 12.7. The van der Waals surface area contributed by atoms with Crippen molar-refractivity contribution in [2.45, 2.75) is 25.2 Å². The van der Waals surface area contributed by atoms with E-state index in [2.05, 4.69) is 36.0 Å². The van der Waals surface area contributed by atoms with Crippen LogP contribution in [0.25, 0.3) is 0 Å². The SMILES string of the molecule is CC1CC(C)CN(S(=O)(=O)c2ccc(C(=O)Nc3cccc(C#Cc4ccccn4)c3)cc2)C1. The fourth-order valence-electron chi connectivity index (χ4n) is 4.18. The molecular weight excluding hydrogens is 446 g/mol. The molecule has 0 radical (unpaired) electrons. The molecule has 0 spiro atoms. The van der Waals surface area contributed by atoms with Crippen molar-refractivity contribution in [2.24, 2.45) is 11.8 Å². The van der Waals surface area contributed by atoms with Crippen LogP contribution in [0.4, 0.5) is 5.69 Å². The number of carbonyl (C=O) groups is 1. The number of pyridine rings is 1. The summed E-state index contributed by atoms with van der Waals surface area (Å²) in [6.45, 7) is 5.19. The number of amides is 1. The Morgan fingerprint density at radius 3 is 2.38 bits per heavy atom. The number of hydrogen-bond donors (Lipinski definition) is 1. The highest BCUT2D eigenvalue weighted by atomic mass is 32.2. The van der Waals surface area contributed by atoms with Crippen LogP contribution in [0.5, 0.6) is 0 Å². The Kier molecular flexibility index (Phi) is 7.11. The second-order valence-corrected chi connectivity index (χ2v) is 10.7. The minimum Gasteiger partial charge on any atom is -0.322 e. The lowest BCUT2D eigenvalue weighted by Gasteiger charge is -2.34. The molecule has 34 heavy (non-hydrogen) atoms. The Labute approximate surface area is 201 Å². The van der Waals surface area contributed by atoms with E-state index in [-0.39, 0.29) is 10.8 Å². The number of piperidine rings is 1. The zero-order valence-corrected chi connectivity index (χ0v) is 20.0. The summed E-state index contributed by atoms with van der Waals surface area (Å²) in [5.74, 6) is 6.37. The van der Waals surface area contributed by atoms with Crippen molar-refractivity contribution in [1.29, 1.82) is 0 Å². The summed E-state index contributed by atoms with van der Waals surface area (Å²) in [4.78, 5) is 17.1. The standard InChI is InChI=1S/C27H27N3O3S/c1-20-16-21(2)19-30(18-20)34(32,33)26-13-10-23(11-14-26)27(31)29-25-8-5-6-22(17-25)9-12-24-7-3-4-15-28-24/h3-8,10-11,13-15,17,20-21H,16,18-19H2,1-2H3,(H,29,31). The minimum absolute atomic E-state index is 0.206. The molecule has 1 fully saturated rings. The second-order valence-electron chi connectivity index (χ2n) is 8.79. The summed E-state index contributed by atoms with van der Waals surface area (Å²) in [7, 11) is -3.58. The molecule has 1 saturated heterocycles. The summed E-state index contributed by atoms with van der Waals surface area (Å²) in [5.41, 5.74) is 2.39. The monoisotopic (exact) mass is 473 g/mol. The van der Waals surface area contributed by atoms with Gasteiger partial charge in [0.05, 0.1) is 4.90 Å². The van der Waals surface area contributed by atoms with Gasteiger partial charge in [-0.1, -0.05) is 31.9 Å². The summed E-state index contributed by atoms with van der Waals surface area (Å²) < 4.78 is 27.7. The van der Waals surface area contributed by atoms with Gasteiger partial charge >= 0.3 is 0 Å². The third-order valence-electron chi connectivity index (χ3n) is 5.71. The van der Waals surface area contributed by atoms with E-state index in [4.69, 9.17) is 0 Å². The number of hydrogen-bond acceptors (Lipinski definition) is 4. The number of nitrogens with zero attached hydrogens (tertiary/aromatic N) is 2. The molecule has 1 aliphatic rings. The molecule has 4 rings (SSSR count). The van der Waals surface area contributed by atoms with E-state index in [1.165, 1.54) is 12.1 Å². The molecular formula is C27H27N3O3S. The summed E-state index contributed by atoms with van der Waals surface area (Å²) >= 11 is 0. The zero-order valence-electron chi connectivity index (χ0n) is 19.2. The highest BCUT2D eigenvalue weighted by Gasteiger charge is 2.31. The van der Waals surface area contributed by atoms with Crippen LogP contribution in [-0.4, -0.2) is 36.7 Å². The lowest BCUT2D eigenvalue weighted by molar-refractivity contribution is 0.102. The number of aromatic nitrogens is 1. The maximum Gasteiger partial charge on any atom is 0.255 e. The number of benzene rings is 2. The predicted molar refractivity (Wildman–Crippen MR) is 133 cm³/mol. The van der Waals surface area contributed by atoms with E-state index in [9.17, 15) is 13.2 Å². The van der Waals surface area contributed by atoms with E-state index in [1.807, 2.05) is 30.3 Å². The zero-order chi connectivity index (χ0) is 24.1. The van der Waals surface area contributed by atoms with Crippen molar-refractivity contribution >= 4 is 21.6 Å². The minimum atomic E-state index is -3.58. The van der Waals surface area contributed by atoms with Gasteiger partial charge in [0.2, 0.25) is 10.0 Å². The molecule has 0 aliphatic carbocycles. The first kappa shape index (κ1) is 23.7. The first-order valence-electron chi connectivity index (χ1n) is 11.3. The third-order valence-corrected chi connectivity index (χ3v) is 7.56. The van der Waals surface area contributed by atoms with Crippen molar-refractivity contribution in [2.75, 3.05) is 18.4 Å². The van der Waals surface area contributed by atoms with Crippen LogP contribution >= 0.6 is 0 Å². The molecule has 2 atom stereocenters. The van der Waals surface area contributed by atoms with Gasteiger partial charge in [0.15, 0.2) is 0 Å². The molecule has 0 saturated carbocycles. The molecule has 6 nitrogen and oxygen atoms in total. The van der Waals surface area contributed by atoms with E-state index in [0.717, 1.165) is 12.0 Å². The molecule has 1 N–H and O–H groups in total. The molecule has 174 valence electrons. The first-order chi connectivity index (χ1) is 16.3. The van der Waals surface area contributed by atoms with E-state index in [0.29, 0.717) is 41.9 Å². The maximum absolute atomic E-state index is 13.1. The Hall–Kier alpha value is -3.47. The van der Waals surface area contributed by atoms with E-state index in [1.54, 1.807) is 34.8 Å². The fraction of sp³-hybridized carbons (Fsp3) is 0.259. The van der Waals surface area contributed by atoms with Crippen molar-refractivity contribution in [3.05, 3.63) is 89.7 Å². The van der Waals surface area contributed by atoms with Crippen LogP contribution in [0.15, 0.2) is 77.8 Å². The van der Waals surface area contributed by atoms with Crippen LogP contribution in [0.2, 0.25) is 0 Å². The highest BCUT2D eigenvalue weighted by Crippen LogP contribution is 2.27. The van der Waals surface area contributed by atoms with Gasteiger partial charge in [-0.05, 0) is 78.8 Å². The number of sulfonamides is 1. The quantitative estimate of drug-likeness (QED) is 0.570. The highest BCUT2D eigenvalue weighted by molar-refractivity contribution is 7.89. The Balaban J connectivity index is 1.45. The Bertz CT molecular complexity index is 1320. The van der Waals surface area contributed by atoms with Crippen LogP contribution in [0.1, 0.15) is 41.9 Å². The van der Waals surface area contributed by atoms with Gasteiger partial charge in [-0.3, -0.25) is 4.79 Å². The number of rotatable bonds is 4. The average Bonchev–Trinajstić information content (AvgIpc) is 2.83. The molecule has 1 amide bonds. The van der Waals surface area contributed by atoms with E-state index >= 15 is 0 Å². The molecule has 2 unspecified atom stereocenters. The van der Waals surface area contributed by atoms with Crippen LogP contribution in [0, 0.1) is 23.7 Å². The lowest BCUT2D eigenvalue weighted by atomic mass is 9.94. The largest absolute Gasteiger partial charge is 0.322 e.